The molecule has 0 fully saturated rings. The Morgan fingerprint density at radius 3 is 2.83 bits per heavy atom. The van der Waals surface area contributed by atoms with Gasteiger partial charge in [-0.2, -0.15) is 16.4 Å². The summed E-state index contributed by atoms with van der Waals surface area (Å²) < 4.78 is 0. The molecule has 2 N–H and O–H groups in total. The average Bonchev–Trinajstić information content (AvgIpc) is 3.31. The van der Waals surface area contributed by atoms with Gasteiger partial charge in [0.15, 0.2) is 0 Å². The Labute approximate surface area is 144 Å². The molecular weight excluding hydrogens is 326 g/mol. The summed E-state index contributed by atoms with van der Waals surface area (Å²) in [5.74, 6) is 0. The molecule has 122 valence electrons. The largest absolute Gasteiger partial charge is 0.395 e. The first-order chi connectivity index (χ1) is 11.3. The number of aliphatic hydroxyl groups is 1. The van der Waals surface area contributed by atoms with Crippen molar-refractivity contribution < 1.29 is 5.11 Å². The molecule has 3 rings (SSSR count). The molecule has 3 aromatic rings. The van der Waals surface area contributed by atoms with Crippen molar-refractivity contribution in [3.8, 4) is 10.6 Å². The molecule has 0 unspecified atom stereocenters. The van der Waals surface area contributed by atoms with Crippen LogP contribution in [0, 0.1) is 0 Å². The first-order valence-corrected chi connectivity index (χ1v) is 9.50. The fraction of sp³-hybridized carbons (Fsp3) is 0.353. The van der Waals surface area contributed by atoms with E-state index in [1.54, 1.807) is 28.9 Å². The minimum absolute atomic E-state index is 0.188. The minimum Gasteiger partial charge on any atom is -0.395 e. The molecule has 0 amide bonds. The maximum atomic E-state index is 9.71. The van der Waals surface area contributed by atoms with Gasteiger partial charge in [-0.3, -0.25) is 10.00 Å². The van der Waals surface area contributed by atoms with Crippen LogP contribution >= 0.6 is 22.7 Å². The highest BCUT2D eigenvalue weighted by Gasteiger charge is 2.18. The monoisotopic (exact) mass is 347 g/mol. The Morgan fingerprint density at radius 2 is 2.17 bits per heavy atom. The highest BCUT2D eigenvalue weighted by molar-refractivity contribution is 7.15. The van der Waals surface area contributed by atoms with E-state index in [4.69, 9.17) is 0 Å². The van der Waals surface area contributed by atoms with Crippen LogP contribution < -0.4 is 0 Å². The van der Waals surface area contributed by atoms with E-state index in [1.807, 2.05) is 6.07 Å². The lowest BCUT2D eigenvalue weighted by molar-refractivity contribution is 0.108. The zero-order chi connectivity index (χ0) is 16.1. The SMILES string of the molecule is CC[C@H](CO)N(Cc1ccsc1)Cc1ccc(-c2ccn[nH]2)s1. The molecule has 0 saturated heterocycles. The van der Waals surface area contributed by atoms with Gasteiger partial charge in [-0.15, -0.1) is 11.3 Å². The van der Waals surface area contributed by atoms with Crippen LogP contribution in [-0.2, 0) is 13.1 Å². The number of hydrogen-bond acceptors (Lipinski definition) is 5. The number of thiophene rings is 2. The summed E-state index contributed by atoms with van der Waals surface area (Å²) in [5.41, 5.74) is 2.37. The Kier molecular flexibility index (Phi) is 5.61. The van der Waals surface area contributed by atoms with E-state index in [0.29, 0.717) is 0 Å². The maximum Gasteiger partial charge on any atom is 0.0749 e. The molecule has 0 aliphatic heterocycles. The molecule has 0 saturated carbocycles. The van der Waals surface area contributed by atoms with E-state index >= 15 is 0 Å². The third kappa shape index (κ3) is 4.09. The predicted octanol–water partition coefficient (Wildman–Crippen LogP) is 3.97. The summed E-state index contributed by atoms with van der Waals surface area (Å²) in [6.45, 7) is 4.05. The van der Waals surface area contributed by atoms with Crippen molar-refractivity contribution in [2.45, 2.75) is 32.5 Å². The van der Waals surface area contributed by atoms with E-state index in [0.717, 1.165) is 25.2 Å². The van der Waals surface area contributed by atoms with Crippen molar-refractivity contribution in [1.29, 1.82) is 0 Å². The van der Waals surface area contributed by atoms with Crippen molar-refractivity contribution in [2.75, 3.05) is 6.61 Å². The number of nitrogens with one attached hydrogen (secondary N) is 1. The van der Waals surface area contributed by atoms with Crippen LogP contribution in [0.4, 0.5) is 0 Å². The average molecular weight is 348 g/mol. The van der Waals surface area contributed by atoms with Crippen molar-refractivity contribution in [3.63, 3.8) is 0 Å². The fourth-order valence-corrected chi connectivity index (χ4v) is 4.30. The van der Waals surface area contributed by atoms with E-state index in [2.05, 4.69) is 51.0 Å². The van der Waals surface area contributed by atoms with Crippen LogP contribution in [-0.4, -0.2) is 32.9 Å². The Bertz CT molecular complexity index is 687. The topological polar surface area (TPSA) is 52.1 Å². The second-order valence-corrected chi connectivity index (χ2v) is 7.47. The fourth-order valence-electron chi connectivity index (χ4n) is 2.63. The predicted molar refractivity (Wildman–Crippen MR) is 96.6 cm³/mol. The van der Waals surface area contributed by atoms with Gasteiger partial charge >= 0.3 is 0 Å². The number of rotatable bonds is 8. The molecule has 0 aromatic carbocycles. The van der Waals surface area contributed by atoms with Crippen LogP contribution in [0.15, 0.2) is 41.2 Å². The molecule has 23 heavy (non-hydrogen) atoms. The van der Waals surface area contributed by atoms with E-state index in [1.165, 1.54) is 15.3 Å². The van der Waals surface area contributed by atoms with Crippen LogP contribution in [0.5, 0.6) is 0 Å². The van der Waals surface area contributed by atoms with Gasteiger partial charge in [-0.25, -0.2) is 0 Å². The number of aromatic amines is 1. The summed E-state index contributed by atoms with van der Waals surface area (Å²) >= 11 is 3.50. The Balaban J connectivity index is 1.75. The van der Waals surface area contributed by atoms with Gasteiger partial charge in [0.25, 0.3) is 0 Å². The molecule has 0 spiro atoms. The third-order valence-electron chi connectivity index (χ3n) is 3.95. The normalized spacial score (nSPS) is 12.8. The second-order valence-electron chi connectivity index (χ2n) is 5.52. The van der Waals surface area contributed by atoms with E-state index < -0.39 is 0 Å². The van der Waals surface area contributed by atoms with E-state index in [9.17, 15) is 5.11 Å². The molecule has 3 aromatic heterocycles. The number of aliphatic hydroxyl groups excluding tert-OH is 1. The van der Waals surface area contributed by atoms with Gasteiger partial charge < -0.3 is 5.11 Å². The van der Waals surface area contributed by atoms with Crippen molar-refractivity contribution in [1.82, 2.24) is 15.1 Å². The van der Waals surface area contributed by atoms with Crippen molar-refractivity contribution in [2.24, 2.45) is 0 Å². The Hall–Kier alpha value is -1.47. The standard InChI is InChI=1S/C17H21N3OS2/c1-2-14(11-21)20(9-13-6-8-22-12-13)10-15-3-4-17(23-15)16-5-7-18-19-16/h3-8,12,14,21H,2,9-11H2,1H3,(H,18,19)/t14-/m1/s1. The molecule has 6 heteroatoms. The summed E-state index contributed by atoms with van der Waals surface area (Å²) in [6.07, 6.45) is 2.72. The molecule has 0 aliphatic rings. The first kappa shape index (κ1) is 16.4. The second kappa shape index (κ2) is 7.88. The number of nitrogens with zero attached hydrogens (tertiary/aromatic N) is 2. The van der Waals surface area contributed by atoms with Gasteiger partial charge in [0.05, 0.1) is 17.2 Å². The molecule has 0 bridgehead atoms. The van der Waals surface area contributed by atoms with Crippen molar-refractivity contribution >= 4 is 22.7 Å². The molecular formula is C17H21N3OS2. The summed E-state index contributed by atoms with van der Waals surface area (Å²) in [4.78, 5) is 4.87. The molecule has 0 aliphatic carbocycles. The zero-order valence-corrected chi connectivity index (χ0v) is 14.7. The molecule has 3 heterocycles. The number of H-pyrrole nitrogens is 1. The smallest absolute Gasteiger partial charge is 0.0749 e. The molecule has 1 atom stereocenters. The lowest BCUT2D eigenvalue weighted by Gasteiger charge is -2.29. The maximum absolute atomic E-state index is 9.71. The Morgan fingerprint density at radius 1 is 1.26 bits per heavy atom. The summed E-state index contributed by atoms with van der Waals surface area (Å²) in [6, 6.07) is 8.64. The van der Waals surface area contributed by atoms with Gasteiger partial charge in [0, 0.05) is 30.2 Å². The zero-order valence-electron chi connectivity index (χ0n) is 13.1. The molecule has 4 nitrogen and oxygen atoms in total. The highest BCUT2D eigenvalue weighted by atomic mass is 32.1. The van der Waals surface area contributed by atoms with E-state index in [-0.39, 0.29) is 12.6 Å². The van der Waals surface area contributed by atoms with Crippen LogP contribution in [0.25, 0.3) is 10.6 Å². The quantitative estimate of drug-likeness (QED) is 0.648. The van der Waals surface area contributed by atoms with Gasteiger partial charge in [0.1, 0.15) is 0 Å². The lowest BCUT2D eigenvalue weighted by atomic mass is 10.1. The number of aromatic nitrogens is 2. The van der Waals surface area contributed by atoms with Crippen LogP contribution in [0.2, 0.25) is 0 Å². The highest BCUT2D eigenvalue weighted by Crippen LogP contribution is 2.28. The van der Waals surface area contributed by atoms with Crippen LogP contribution in [0.3, 0.4) is 0 Å². The van der Waals surface area contributed by atoms with Crippen LogP contribution in [0.1, 0.15) is 23.8 Å². The molecule has 0 radical (unpaired) electrons. The van der Waals surface area contributed by atoms with Gasteiger partial charge in [-0.1, -0.05) is 6.92 Å². The number of hydrogen-bond donors (Lipinski definition) is 2. The van der Waals surface area contributed by atoms with Crippen molar-refractivity contribution in [3.05, 3.63) is 51.7 Å². The minimum atomic E-state index is 0.188. The van der Waals surface area contributed by atoms with Gasteiger partial charge in [-0.05, 0) is 47.0 Å². The summed E-state index contributed by atoms with van der Waals surface area (Å²) in [7, 11) is 0. The third-order valence-corrected chi connectivity index (χ3v) is 5.79. The lowest BCUT2D eigenvalue weighted by Crippen LogP contribution is -2.36. The van der Waals surface area contributed by atoms with Gasteiger partial charge in [0.2, 0.25) is 0 Å². The summed E-state index contributed by atoms with van der Waals surface area (Å²) in [5, 5.41) is 21.0. The first-order valence-electron chi connectivity index (χ1n) is 7.74.